The Hall–Kier alpha value is -1.13. The fourth-order valence-corrected chi connectivity index (χ4v) is 3.06. The Bertz CT molecular complexity index is 534. The van der Waals surface area contributed by atoms with Gasteiger partial charge >= 0.3 is 0 Å². The van der Waals surface area contributed by atoms with Crippen molar-refractivity contribution in [3.8, 4) is 5.75 Å². The van der Waals surface area contributed by atoms with Crippen molar-refractivity contribution in [3.05, 3.63) is 50.6 Å². The minimum Gasteiger partial charge on any atom is -0.496 e. The molecule has 1 aromatic carbocycles. The van der Waals surface area contributed by atoms with E-state index in [1.165, 1.54) is 0 Å². The quantitative estimate of drug-likeness (QED) is 0.799. The number of Topliss-reactive ketones (excluding diaryl/α,β-unsaturated/α-hetero) is 1. The third-order valence-corrected chi connectivity index (χ3v) is 3.99. The average molecular weight is 311 g/mol. The number of carbonyl (C=O) groups is 1. The molecule has 0 unspecified atom stereocenters. The highest BCUT2D eigenvalue weighted by molar-refractivity contribution is 9.11. The largest absolute Gasteiger partial charge is 0.496 e. The second-order valence-corrected chi connectivity index (χ2v) is 6.05. The molecule has 0 aliphatic heterocycles. The molecule has 0 amide bonds. The van der Waals surface area contributed by atoms with Crippen LogP contribution < -0.4 is 4.74 Å². The first kappa shape index (κ1) is 12.3. The molecule has 0 aliphatic carbocycles. The van der Waals surface area contributed by atoms with E-state index in [-0.39, 0.29) is 5.78 Å². The maximum atomic E-state index is 12.1. The number of thiophene rings is 1. The van der Waals surface area contributed by atoms with Crippen molar-refractivity contribution < 1.29 is 9.53 Å². The molecule has 1 aromatic heterocycles. The topological polar surface area (TPSA) is 26.3 Å². The van der Waals surface area contributed by atoms with Crippen LogP contribution in [0, 0.1) is 0 Å². The molecule has 0 saturated carbocycles. The zero-order valence-electron chi connectivity index (χ0n) is 9.27. The van der Waals surface area contributed by atoms with Crippen molar-refractivity contribution in [2.75, 3.05) is 7.11 Å². The number of rotatable bonds is 4. The second-order valence-electron chi connectivity index (χ2n) is 3.51. The highest BCUT2D eigenvalue weighted by Crippen LogP contribution is 2.25. The van der Waals surface area contributed by atoms with Crippen molar-refractivity contribution in [1.29, 1.82) is 0 Å². The summed E-state index contributed by atoms with van der Waals surface area (Å²) in [5, 5.41) is 0. The predicted octanol–water partition coefficient (Wildman–Crippen LogP) is 3.94. The molecule has 2 nitrogen and oxygen atoms in total. The van der Waals surface area contributed by atoms with Gasteiger partial charge in [0.05, 0.1) is 16.5 Å². The summed E-state index contributed by atoms with van der Waals surface area (Å²) >= 11 is 4.97. The van der Waals surface area contributed by atoms with Crippen molar-refractivity contribution in [2.24, 2.45) is 0 Å². The van der Waals surface area contributed by atoms with E-state index in [0.717, 1.165) is 8.66 Å². The normalized spacial score (nSPS) is 10.2. The van der Waals surface area contributed by atoms with Gasteiger partial charge in [-0.3, -0.25) is 4.79 Å². The minimum absolute atomic E-state index is 0.0804. The van der Waals surface area contributed by atoms with Crippen LogP contribution in [0.2, 0.25) is 0 Å². The van der Waals surface area contributed by atoms with Crippen LogP contribution in [-0.4, -0.2) is 12.9 Å². The lowest BCUT2D eigenvalue weighted by Crippen LogP contribution is -2.04. The molecule has 0 saturated heterocycles. The highest BCUT2D eigenvalue weighted by atomic mass is 79.9. The van der Waals surface area contributed by atoms with Crippen LogP contribution in [0.1, 0.15) is 15.2 Å². The van der Waals surface area contributed by atoms with Gasteiger partial charge in [-0.1, -0.05) is 12.1 Å². The zero-order valence-corrected chi connectivity index (χ0v) is 11.7. The van der Waals surface area contributed by atoms with Gasteiger partial charge < -0.3 is 4.74 Å². The van der Waals surface area contributed by atoms with Crippen LogP contribution in [0.25, 0.3) is 0 Å². The number of benzene rings is 1. The highest BCUT2D eigenvalue weighted by Gasteiger charge is 2.12. The number of hydrogen-bond acceptors (Lipinski definition) is 3. The Morgan fingerprint density at radius 1 is 1.29 bits per heavy atom. The van der Waals surface area contributed by atoms with Crippen LogP contribution in [-0.2, 0) is 6.42 Å². The molecule has 2 aromatic rings. The molecule has 0 atom stereocenters. The molecule has 2 rings (SSSR count). The van der Waals surface area contributed by atoms with Gasteiger partial charge in [-0.05, 0) is 40.2 Å². The number of ketones is 1. The molecule has 0 aliphatic rings. The van der Waals surface area contributed by atoms with Gasteiger partial charge in [0.15, 0.2) is 5.78 Å². The van der Waals surface area contributed by atoms with E-state index in [2.05, 4.69) is 15.9 Å². The predicted molar refractivity (Wildman–Crippen MR) is 73.0 cm³/mol. The van der Waals surface area contributed by atoms with E-state index in [1.807, 2.05) is 24.3 Å². The first-order chi connectivity index (χ1) is 8.20. The van der Waals surface area contributed by atoms with E-state index in [1.54, 1.807) is 30.6 Å². The lowest BCUT2D eigenvalue weighted by Gasteiger charge is -2.06. The number of hydrogen-bond donors (Lipinski definition) is 0. The molecule has 17 heavy (non-hydrogen) atoms. The number of carbonyl (C=O) groups excluding carboxylic acids is 1. The molecule has 0 radical (unpaired) electrons. The molecule has 0 N–H and O–H groups in total. The van der Waals surface area contributed by atoms with E-state index in [0.29, 0.717) is 17.7 Å². The van der Waals surface area contributed by atoms with Gasteiger partial charge in [-0.25, -0.2) is 0 Å². The first-order valence-electron chi connectivity index (χ1n) is 5.11. The van der Waals surface area contributed by atoms with Crippen molar-refractivity contribution in [2.45, 2.75) is 6.42 Å². The standard InChI is InChI=1S/C13H11BrO2S/c1-16-12-5-3-2-4-10(12)11(15)8-9-6-7-13(14)17-9/h2-7H,8H2,1H3. The molecule has 0 fully saturated rings. The van der Waals surface area contributed by atoms with Crippen LogP contribution in [0.15, 0.2) is 40.2 Å². The molecule has 4 heteroatoms. The number of halogens is 1. The summed E-state index contributed by atoms with van der Waals surface area (Å²) in [6, 6.07) is 11.2. The number of ether oxygens (including phenoxy) is 1. The third kappa shape index (κ3) is 2.96. The van der Waals surface area contributed by atoms with E-state index < -0.39 is 0 Å². The molecular weight excluding hydrogens is 300 g/mol. The molecular formula is C13H11BrO2S. The summed E-state index contributed by atoms with van der Waals surface area (Å²) in [6.45, 7) is 0. The van der Waals surface area contributed by atoms with Crippen LogP contribution in [0.5, 0.6) is 5.75 Å². The van der Waals surface area contributed by atoms with Crippen LogP contribution >= 0.6 is 27.3 Å². The second kappa shape index (κ2) is 5.47. The van der Waals surface area contributed by atoms with Crippen molar-refractivity contribution >= 4 is 33.0 Å². The summed E-state index contributed by atoms with van der Waals surface area (Å²) in [5.41, 5.74) is 0.638. The molecule has 88 valence electrons. The number of para-hydroxylation sites is 1. The zero-order chi connectivity index (χ0) is 12.3. The maximum Gasteiger partial charge on any atom is 0.171 e. The minimum atomic E-state index is 0.0804. The van der Waals surface area contributed by atoms with Crippen molar-refractivity contribution in [1.82, 2.24) is 0 Å². The summed E-state index contributed by atoms with van der Waals surface area (Å²) in [5.74, 6) is 0.713. The Balaban J connectivity index is 2.20. The van der Waals surface area contributed by atoms with Crippen LogP contribution in [0.3, 0.4) is 0 Å². The lowest BCUT2D eigenvalue weighted by molar-refractivity contribution is 0.0991. The Morgan fingerprint density at radius 3 is 2.71 bits per heavy atom. The van der Waals surface area contributed by atoms with E-state index >= 15 is 0 Å². The SMILES string of the molecule is COc1ccccc1C(=O)Cc1ccc(Br)s1. The number of methoxy groups -OCH3 is 1. The van der Waals surface area contributed by atoms with E-state index in [4.69, 9.17) is 4.74 Å². The van der Waals surface area contributed by atoms with Gasteiger partial charge in [0, 0.05) is 11.3 Å². The van der Waals surface area contributed by atoms with Gasteiger partial charge in [0.2, 0.25) is 0 Å². The molecule has 1 heterocycles. The fourth-order valence-electron chi connectivity index (χ4n) is 1.58. The van der Waals surface area contributed by atoms with Gasteiger partial charge in [0.25, 0.3) is 0 Å². The van der Waals surface area contributed by atoms with Crippen molar-refractivity contribution in [3.63, 3.8) is 0 Å². The monoisotopic (exact) mass is 310 g/mol. The fraction of sp³-hybridized carbons (Fsp3) is 0.154. The Morgan fingerprint density at radius 2 is 2.06 bits per heavy atom. The molecule has 0 bridgehead atoms. The molecule has 0 spiro atoms. The van der Waals surface area contributed by atoms with Crippen LogP contribution in [0.4, 0.5) is 0 Å². The van der Waals surface area contributed by atoms with Gasteiger partial charge in [0.1, 0.15) is 5.75 Å². The summed E-state index contributed by atoms with van der Waals surface area (Å²) in [4.78, 5) is 13.2. The average Bonchev–Trinajstić information content (AvgIpc) is 2.74. The smallest absolute Gasteiger partial charge is 0.171 e. The third-order valence-electron chi connectivity index (χ3n) is 2.37. The van der Waals surface area contributed by atoms with Gasteiger partial charge in [-0.15, -0.1) is 11.3 Å². The van der Waals surface area contributed by atoms with Gasteiger partial charge in [-0.2, -0.15) is 0 Å². The maximum absolute atomic E-state index is 12.1. The first-order valence-corrected chi connectivity index (χ1v) is 6.72. The Labute approximate surface area is 112 Å². The summed E-state index contributed by atoms with van der Waals surface area (Å²) < 4.78 is 6.22. The Kier molecular flexibility index (Phi) is 3.97. The summed E-state index contributed by atoms with van der Waals surface area (Å²) in [6.07, 6.45) is 0.413. The lowest BCUT2D eigenvalue weighted by atomic mass is 10.1. The summed E-state index contributed by atoms with van der Waals surface area (Å²) in [7, 11) is 1.58. The van der Waals surface area contributed by atoms with E-state index in [9.17, 15) is 4.79 Å².